The van der Waals surface area contributed by atoms with E-state index in [1.165, 1.54) is 0 Å². The fourth-order valence-corrected chi connectivity index (χ4v) is 4.66. The number of benzene rings is 1. The van der Waals surface area contributed by atoms with Crippen molar-refractivity contribution < 1.29 is 19.1 Å². The molecular formula is C21H32N2O4. The van der Waals surface area contributed by atoms with Crippen molar-refractivity contribution in [3.05, 3.63) is 28.8 Å². The van der Waals surface area contributed by atoms with E-state index in [-0.39, 0.29) is 16.9 Å². The summed E-state index contributed by atoms with van der Waals surface area (Å²) in [4.78, 5) is 23.5. The second-order valence-electron chi connectivity index (χ2n) is 9.09. The van der Waals surface area contributed by atoms with Gasteiger partial charge in [0.05, 0.1) is 0 Å². The van der Waals surface area contributed by atoms with Gasteiger partial charge in [0.25, 0.3) is 0 Å². The van der Waals surface area contributed by atoms with Gasteiger partial charge >= 0.3 is 12.2 Å². The van der Waals surface area contributed by atoms with Crippen LogP contribution in [0, 0.1) is 31.6 Å². The fraction of sp³-hybridized carbons (Fsp3) is 0.619. The zero-order valence-electron chi connectivity index (χ0n) is 17.3. The summed E-state index contributed by atoms with van der Waals surface area (Å²) in [6.07, 6.45) is 0.858. The van der Waals surface area contributed by atoms with Crippen LogP contribution < -0.4 is 15.8 Å². The lowest BCUT2D eigenvalue weighted by Gasteiger charge is -2.45. The minimum absolute atomic E-state index is 0.0111. The predicted octanol–water partition coefficient (Wildman–Crippen LogP) is 4.38. The number of ether oxygens (including phenoxy) is 2. The molecule has 2 atom stereocenters. The van der Waals surface area contributed by atoms with Gasteiger partial charge in [0.15, 0.2) is 0 Å². The van der Waals surface area contributed by atoms with E-state index >= 15 is 0 Å². The third kappa shape index (κ3) is 5.88. The van der Waals surface area contributed by atoms with Gasteiger partial charge in [-0.2, -0.15) is 0 Å². The number of primary amides is 1. The van der Waals surface area contributed by atoms with Crippen molar-refractivity contribution in [1.82, 2.24) is 5.32 Å². The van der Waals surface area contributed by atoms with Gasteiger partial charge in [-0.3, -0.25) is 0 Å². The summed E-state index contributed by atoms with van der Waals surface area (Å²) in [5.41, 5.74) is 7.98. The number of hydrogen-bond acceptors (Lipinski definition) is 4. The van der Waals surface area contributed by atoms with E-state index in [2.05, 4.69) is 26.1 Å². The average Bonchev–Trinajstić information content (AvgIpc) is 2.46. The Hall–Kier alpha value is -2.24. The largest absolute Gasteiger partial charge is 0.446 e. The maximum Gasteiger partial charge on any atom is 0.412 e. The molecule has 0 aliphatic heterocycles. The third-order valence-electron chi connectivity index (χ3n) is 5.15. The second-order valence-corrected chi connectivity index (χ2v) is 9.09. The Morgan fingerprint density at radius 2 is 1.74 bits per heavy atom. The Morgan fingerprint density at radius 3 is 2.30 bits per heavy atom. The van der Waals surface area contributed by atoms with E-state index in [9.17, 15) is 9.59 Å². The van der Waals surface area contributed by atoms with E-state index in [0.717, 1.165) is 29.5 Å². The summed E-state index contributed by atoms with van der Waals surface area (Å²) in [6, 6.07) is 3.98. The number of amides is 2. The highest BCUT2D eigenvalue weighted by atomic mass is 16.6. The Bertz CT molecular complexity index is 706. The lowest BCUT2D eigenvalue weighted by atomic mass is 9.63. The van der Waals surface area contributed by atoms with Crippen molar-refractivity contribution in [1.29, 1.82) is 0 Å². The maximum atomic E-state index is 12.4. The summed E-state index contributed by atoms with van der Waals surface area (Å²) in [7, 11) is 0. The van der Waals surface area contributed by atoms with Gasteiger partial charge in [-0.1, -0.05) is 38.5 Å². The van der Waals surface area contributed by atoms with Crippen LogP contribution in [-0.2, 0) is 4.74 Å². The van der Waals surface area contributed by atoms with Crippen LogP contribution in [0.5, 0.6) is 5.75 Å². The van der Waals surface area contributed by atoms with Crippen LogP contribution in [0.4, 0.5) is 9.59 Å². The molecule has 3 N–H and O–H groups in total. The maximum absolute atomic E-state index is 12.4. The number of nitrogens with two attached hydrogens (primary N) is 1. The first-order chi connectivity index (χ1) is 12.4. The fourth-order valence-electron chi connectivity index (χ4n) is 4.66. The topological polar surface area (TPSA) is 90.7 Å². The monoisotopic (exact) mass is 376 g/mol. The molecule has 1 aliphatic rings. The molecule has 0 heterocycles. The van der Waals surface area contributed by atoms with Crippen LogP contribution in [0.1, 0.15) is 56.7 Å². The number of rotatable bonds is 4. The van der Waals surface area contributed by atoms with Crippen molar-refractivity contribution in [3.8, 4) is 5.75 Å². The van der Waals surface area contributed by atoms with Gasteiger partial charge in [-0.15, -0.1) is 0 Å². The minimum Gasteiger partial charge on any atom is -0.446 e. The minimum atomic E-state index is -0.752. The van der Waals surface area contributed by atoms with E-state index in [4.69, 9.17) is 15.2 Å². The van der Waals surface area contributed by atoms with Gasteiger partial charge in [-0.25, -0.2) is 9.59 Å². The summed E-state index contributed by atoms with van der Waals surface area (Å²) < 4.78 is 10.8. The molecule has 0 bridgehead atoms. The first-order valence-corrected chi connectivity index (χ1v) is 9.39. The SMILES string of the molecule is Cc1cc(C)c(OC(=O)NCC2(C)CC(OC(N)=O)CC(C)(C)C2)c(C)c1. The second kappa shape index (κ2) is 7.79. The molecule has 2 rings (SSSR count). The molecule has 1 fully saturated rings. The Balaban J connectivity index is 2.01. The molecule has 6 nitrogen and oxygen atoms in total. The van der Waals surface area contributed by atoms with Crippen molar-refractivity contribution in [3.63, 3.8) is 0 Å². The first kappa shape index (κ1) is 21.1. The lowest BCUT2D eigenvalue weighted by Crippen LogP contribution is -2.47. The standard InChI is InChI=1S/C21H32N2O4/c1-13-7-14(2)17(15(3)8-13)27-19(25)23-12-21(6)10-16(26-18(22)24)9-20(4,5)11-21/h7-8,16H,9-12H2,1-6H3,(H2,22,24)(H,23,25). The highest BCUT2D eigenvalue weighted by molar-refractivity contribution is 5.71. The predicted molar refractivity (Wildman–Crippen MR) is 105 cm³/mol. The molecule has 150 valence electrons. The summed E-state index contributed by atoms with van der Waals surface area (Å²) >= 11 is 0. The average molecular weight is 376 g/mol. The molecule has 0 radical (unpaired) electrons. The number of aryl methyl sites for hydroxylation is 3. The summed E-state index contributed by atoms with van der Waals surface area (Å²) in [6.45, 7) is 12.7. The zero-order valence-corrected chi connectivity index (χ0v) is 17.3. The van der Waals surface area contributed by atoms with E-state index in [1.807, 2.05) is 32.9 Å². The van der Waals surface area contributed by atoms with Crippen LogP contribution in [0.15, 0.2) is 12.1 Å². The molecule has 0 saturated heterocycles. The van der Waals surface area contributed by atoms with Crippen molar-refractivity contribution in [2.75, 3.05) is 6.54 Å². The molecule has 0 aromatic heterocycles. The van der Waals surface area contributed by atoms with Crippen LogP contribution >= 0.6 is 0 Å². The molecule has 27 heavy (non-hydrogen) atoms. The zero-order chi connectivity index (χ0) is 20.4. The van der Waals surface area contributed by atoms with Gasteiger partial charge in [0.1, 0.15) is 11.9 Å². The molecule has 1 aliphatic carbocycles. The number of carbonyl (C=O) groups excluding carboxylic acids is 2. The van der Waals surface area contributed by atoms with Crippen LogP contribution in [0.25, 0.3) is 0 Å². The van der Waals surface area contributed by atoms with Gasteiger partial charge in [0, 0.05) is 6.54 Å². The normalized spacial score (nSPS) is 24.1. The molecule has 6 heteroatoms. The number of nitrogens with one attached hydrogen (secondary N) is 1. The number of carbonyl (C=O) groups is 2. The van der Waals surface area contributed by atoms with Gasteiger partial charge < -0.3 is 20.5 Å². The highest BCUT2D eigenvalue weighted by Gasteiger charge is 2.42. The van der Waals surface area contributed by atoms with E-state index < -0.39 is 12.2 Å². The molecule has 2 amide bonds. The van der Waals surface area contributed by atoms with Crippen molar-refractivity contribution in [2.24, 2.45) is 16.6 Å². The van der Waals surface area contributed by atoms with Crippen LogP contribution in [-0.4, -0.2) is 24.8 Å². The quantitative estimate of drug-likeness (QED) is 0.816. The molecule has 2 unspecified atom stereocenters. The Labute approximate surface area is 161 Å². The Morgan fingerprint density at radius 1 is 1.15 bits per heavy atom. The molecular weight excluding hydrogens is 344 g/mol. The van der Waals surface area contributed by atoms with E-state index in [0.29, 0.717) is 18.7 Å². The third-order valence-corrected chi connectivity index (χ3v) is 5.15. The van der Waals surface area contributed by atoms with Crippen molar-refractivity contribution >= 4 is 12.2 Å². The highest BCUT2D eigenvalue weighted by Crippen LogP contribution is 2.46. The molecule has 1 aromatic carbocycles. The smallest absolute Gasteiger partial charge is 0.412 e. The first-order valence-electron chi connectivity index (χ1n) is 9.39. The number of hydrogen-bond donors (Lipinski definition) is 2. The lowest BCUT2D eigenvalue weighted by molar-refractivity contribution is -0.0163. The van der Waals surface area contributed by atoms with Gasteiger partial charge in [0.2, 0.25) is 0 Å². The molecule has 1 aromatic rings. The van der Waals surface area contributed by atoms with E-state index in [1.54, 1.807) is 0 Å². The summed E-state index contributed by atoms with van der Waals surface area (Å²) in [5.74, 6) is 0.599. The molecule has 0 spiro atoms. The Kier molecular flexibility index (Phi) is 6.07. The van der Waals surface area contributed by atoms with Crippen LogP contribution in [0.3, 0.4) is 0 Å². The van der Waals surface area contributed by atoms with Crippen LogP contribution in [0.2, 0.25) is 0 Å². The molecule has 1 saturated carbocycles. The van der Waals surface area contributed by atoms with Gasteiger partial charge in [-0.05, 0) is 62.0 Å². The summed E-state index contributed by atoms with van der Waals surface area (Å²) in [5, 5.41) is 2.89. The van der Waals surface area contributed by atoms with Crippen molar-refractivity contribution in [2.45, 2.75) is 66.9 Å².